The van der Waals surface area contributed by atoms with Crippen molar-refractivity contribution in [3.05, 3.63) is 0 Å². The average molecular weight is 330 g/mol. The molecule has 0 aromatic heterocycles. The third-order valence-corrected chi connectivity index (χ3v) is 2.43. The van der Waals surface area contributed by atoms with Gasteiger partial charge in [-0.1, -0.05) is 0 Å². The highest BCUT2D eigenvalue weighted by molar-refractivity contribution is 5.84. The normalized spacial score (nSPS) is 17.5. The predicted octanol–water partition coefficient (Wildman–Crippen LogP) is -6.12. The van der Waals surface area contributed by atoms with Crippen LogP contribution in [0.3, 0.4) is 0 Å². The topological polar surface area (TPSA) is 216 Å². The van der Waals surface area contributed by atoms with E-state index in [4.69, 9.17) is 46.0 Å². The minimum Gasteiger partial charge on any atom is -0.394 e. The molecule has 0 rings (SSSR count). The van der Waals surface area contributed by atoms with E-state index < -0.39 is 68.5 Å². The van der Waals surface area contributed by atoms with Gasteiger partial charge in [0.1, 0.15) is 43.7 Å². The minimum atomic E-state index is -1.86. The third-order valence-electron chi connectivity index (χ3n) is 2.43. The Balaban J connectivity index is 0. The number of hydrogen-bond acceptors (Lipinski definition) is 11. The first-order valence-electron chi connectivity index (χ1n) is 6.07. The molecule has 132 valence electrons. The van der Waals surface area contributed by atoms with Gasteiger partial charge >= 0.3 is 0 Å². The summed E-state index contributed by atoms with van der Waals surface area (Å²) in [5.74, 6) is -1.91. The fourth-order valence-electron chi connectivity index (χ4n) is 1.01. The van der Waals surface area contributed by atoms with Gasteiger partial charge in [0, 0.05) is 0 Å². The molecule has 0 aliphatic rings. The maximum absolute atomic E-state index is 10.5. The first-order chi connectivity index (χ1) is 10.2. The van der Waals surface area contributed by atoms with E-state index >= 15 is 0 Å². The van der Waals surface area contributed by atoms with Crippen LogP contribution in [0.2, 0.25) is 0 Å². The van der Waals surface area contributed by atoms with E-state index in [0.717, 1.165) is 0 Å². The number of aliphatic hydroxyl groups excluding tert-OH is 9. The van der Waals surface area contributed by atoms with Crippen molar-refractivity contribution in [2.24, 2.45) is 0 Å². The molecule has 9 N–H and O–H groups in total. The van der Waals surface area contributed by atoms with Crippen molar-refractivity contribution in [2.45, 2.75) is 30.5 Å². The van der Waals surface area contributed by atoms with Gasteiger partial charge in [0.25, 0.3) is 0 Å². The van der Waals surface area contributed by atoms with Crippen molar-refractivity contribution in [1.82, 2.24) is 0 Å². The minimum absolute atomic E-state index is 0.701. The smallest absolute Gasteiger partial charge is 0.189 e. The standard InChI is InChI=1S/C6H12O6.C5H10O5/c7-1-3(9)5(11)6(12)4(10)2-8;6-1-3(8)5(10)4(9)2-7/h3,5-9,11-12H,1-2H2;3,5-8,10H,1-2H2. The molecule has 0 fully saturated rings. The Kier molecular flexibility index (Phi) is 13.2. The number of Topliss-reactive ketones (excluding diaryl/α,β-unsaturated/α-hetero) is 2. The van der Waals surface area contributed by atoms with Gasteiger partial charge in [-0.05, 0) is 0 Å². The molecule has 0 amide bonds. The van der Waals surface area contributed by atoms with Crippen LogP contribution in [0.5, 0.6) is 0 Å². The maximum atomic E-state index is 10.5. The van der Waals surface area contributed by atoms with Crippen LogP contribution in [0.4, 0.5) is 0 Å². The molecule has 0 saturated carbocycles. The molecule has 0 aliphatic heterocycles. The summed E-state index contributed by atoms with van der Waals surface area (Å²) in [6.07, 6.45) is -8.41. The molecule has 0 aromatic rings. The predicted molar refractivity (Wildman–Crippen MR) is 68.4 cm³/mol. The van der Waals surface area contributed by atoms with Crippen molar-refractivity contribution < 1.29 is 55.5 Å². The molecule has 5 unspecified atom stereocenters. The van der Waals surface area contributed by atoms with Crippen LogP contribution in [0.1, 0.15) is 0 Å². The van der Waals surface area contributed by atoms with Crippen LogP contribution in [-0.4, -0.2) is 114 Å². The summed E-state index contributed by atoms with van der Waals surface area (Å²) in [5.41, 5.74) is 0. The molecule has 0 aromatic carbocycles. The van der Waals surface area contributed by atoms with Gasteiger partial charge in [0.2, 0.25) is 0 Å². The second-order valence-corrected chi connectivity index (χ2v) is 4.13. The fourth-order valence-corrected chi connectivity index (χ4v) is 1.01. The molecule has 22 heavy (non-hydrogen) atoms. The van der Waals surface area contributed by atoms with E-state index in [1.807, 2.05) is 0 Å². The van der Waals surface area contributed by atoms with Crippen LogP contribution in [0.25, 0.3) is 0 Å². The van der Waals surface area contributed by atoms with Crippen LogP contribution >= 0.6 is 0 Å². The zero-order valence-electron chi connectivity index (χ0n) is 11.6. The SMILES string of the molecule is O=C(CO)C(O)C(O)C(O)CO.O=C(CO)C(O)C(O)CO. The summed E-state index contributed by atoms with van der Waals surface area (Å²) < 4.78 is 0. The molecule has 0 bridgehead atoms. The Morgan fingerprint density at radius 3 is 1.32 bits per heavy atom. The fraction of sp³-hybridized carbons (Fsp3) is 0.818. The number of hydrogen-bond donors (Lipinski definition) is 9. The van der Waals surface area contributed by atoms with E-state index in [1.54, 1.807) is 0 Å². The van der Waals surface area contributed by atoms with Crippen molar-refractivity contribution in [3.8, 4) is 0 Å². The molecule has 0 radical (unpaired) electrons. The third kappa shape index (κ3) is 8.43. The highest BCUT2D eigenvalue weighted by atomic mass is 16.4. The van der Waals surface area contributed by atoms with E-state index in [1.165, 1.54) is 0 Å². The van der Waals surface area contributed by atoms with E-state index in [0.29, 0.717) is 0 Å². The summed E-state index contributed by atoms with van der Waals surface area (Å²) in [7, 11) is 0. The van der Waals surface area contributed by atoms with E-state index in [-0.39, 0.29) is 0 Å². The molecule has 0 saturated heterocycles. The Bertz CT molecular complexity index is 321. The lowest BCUT2D eigenvalue weighted by Crippen LogP contribution is -2.44. The molecule has 0 heterocycles. The lowest BCUT2D eigenvalue weighted by Gasteiger charge is -2.19. The van der Waals surface area contributed by atoms with Gasteiger partial charge in [-0.15, -0.1) is 0 Å². The molecule has 0 aliphatic carbocycles. The van der Waals surface area contributed by atoms with Crippen molar-refractivity contribution in [1.29, 1.82) is 0 Å². The van der Waals surface area contributed by atoms with Gasteiger partial charge in [-0.25, -0.2) is 0 Å². The molecule has 11 heteroatoms. The van der Waals surface area contributed by atoms with Gasteiger partial charge in [0.15, 0.2) is 11.6 Å². The quantitative estimate of drug-likeness (QED) is 0.194. The van der Waals surface area contributed by atoms with Gasteiger partial charge < -0.3 is 46.0 Å². The van der Waals surface area contributed by atoms with Crippen LogP contribution < -0.4 is 0 Å². The van der Waals surface area contributed by atoms with Crippen molar-refractivity contribution >= 4 is 11.6 Å². The number of rotatable bonds is 9. The molecular formula is C11H22O11. The van der Waals surface area contributed by atoms with Crippen molar-refractivity contribution in [3.63, 3.8) is 0 Å². The highest BCUT2D eigenvalue weighted by Crippen LogP contribution is 2.00. The molecule has 5 atom stereocenters. The molecular weight excluding hydrogens is 308 g/mol. The van der Waals surface area contributed by atoms with E-state index in [9.17, 15) is 9.59 Å². The Morgan fingerprint density at radius 2 is 1.00 bits per heavy atom. The van der Waals surface area contributed by atoms with Crippen LogP contribution in [-0.2, 0) is 9.59 Å². The summed E-state index contributed by atoms with van der Waals surface area (Å²) in [6, 6.07) is 0. The number of aliphatic hydroxyl groups is 9. The number of ketones is 2. The second-order valence-electron chi connectivity index (χ2n) is 4.13. The van der Waals surface area contributed by atoms with Gasteiger partial charge in [0.05, 0.1) is 13.2 Å². The second kappa shape index (κ2) is 12.5. The van der Waals surface area contributed by atoms with Gasteiger partial charge in [-0.2, -0.15) is 0 Å². The summed E-state index contributed by atoms with van der Waals surface area (Å²) in [5, 5.41) is 76.7. The summed E-state index contributed by atoms with van der Waals surface area (Å²) >= 11 is 0. The van der Waals surface area contributed by atoms with Gasteiger partial charge in [-0.3, -0.25) is 9.59 Å². The molecule has 11 nitrogen and oxygen atoms in total. The highest BCUT2D eigenvalue weighted by Gasteiger charge is 2.28. The zero-order valence-corrected chi connectivity index (χ0v) is 11.6. The lowest BCUT2D eigenvalue weighted by atomic mass is 10.1. The van der Waals surface area contributed by atoms with Crippen molar-refractivity contribution in [2.75, 3.05) is 26.4 Å². The summed E-state index contributed by atoms with van der Waals surface area (Å²) in [4.78, 5) is 20.9. The van der Waals surface area contributed by atoms with E-state index in [2.05, 4.69) is 0 Å². The first-order valence-corrected chi connectivity index (χ1v) is 6.07. The maximum Gasteiger partial charge on any atom is 0.189 e. The van der Waals surface area contributed by atoms with Crippen LogP contribution in [0.15, 0.2) is 0 Å². The Morgan fingerprint density at radius 1 is 0.636 bits per heavy atom. The average Bonchev–Trinajstić information content (AvgIpc) is 2.56. The first kappa shape index (κ1) is 23.2. The number of carbonyl (C=O) groups excluding carboxylic acids is 2. The molecule has 0 spiro atoms. The zero-order chi connectivity index (χ0) is 17.9. The lowest BCUT2D eigenvalue weighted by molar-refractivity contribution is -0.142. The van der Waals surface area contributed by atoms with Crippen LogP contribution in [0, 0.1) is 0 Å². The number of carbonyl (C=O) groups is 2. The monoisotopic (exact) mass is 330 g/mol. The Labute approximate surface area is 125 Å². The summed E-state index contributed by atoms with van der Waals surface area (Å²) in [6.45, 7) is -3.22. The largest absolute Gasteiger partial charge is 0.394 e. The Hall–Kier alpha value is -1.02.